The number of aliphatic hydroxyl groups excluding tert-OH is 1. The van der Waals surface area contributed by atoms with E-state index < -0.39 is 0 Å². The molecule has 3 N–H and O–H groups in total. The first-order chi connectivity index (χ1) is 12.7. The summed E-state index contributed by atoms with van der Waals surface area (Å²) in [5.41, 5.74) is 2.14. The number of rotatable bonds is 11. The predicted molar refractivity (Wildman–Crippen MR) is 101 cm³/mol. The van der Waals surface area contributed by atoms with Gasteiger partial charge in [0.15, 0.2) is 0 Å². The van der Waals surface area contributed by atoms with Crippen LogP contribution in [0.5, 0.6) is 0 Å². The Bertz CT molecular complexity index is 554. The first-order valence-electron chi connectivity index (χ1n) is 9.41. The van der Waals surface area contributed by atoms with E-state index in [0.29, 0.717) is 32.1 Å². The summed E-state index contributed by atoms with van der Waals surface area (Å²) in [7, 11) is 0. The van der Waals surface area contributed by atoms with E-state index in [9.17, 15) is 9.59 Å². The average Bonchev–Trinajstić information content (AvgIpc) is 2.69. The van der Waals surface area contributed by atoms with Gasteiger partial charge in [0.1, 0.15) is 6.29 Å². The Hall–Kier alpha value is -1.76. The molecular formula is C20H30N2O4. The molecular weight excluding hydrogens is 332 g/mol. The highest BCUT2D eigenvalue weighted by molar-refractivity contribution is 5.81. The topological polar surface area (TPSA) is 87.7 Å². The van der Waals surface area contributed by atoms with Gasteiger partial charge in [0.25, 0.3) is 0 Å². The lowest BCUT2D eigenvalue weighted by Gasteiger charge is -2.21. The number of hydrogen-bond donors (Lipinski definition) is 3. The van der Waals surface area contributed by atoms with E-state index in [4.69, 9.17) is 9.84 Å². The van der Waals surface area contributed by atoms with Crippen molar-refractivity contribution in [1.29, 1.82) is 0 Å². The lowest BCUT2D eigenvalue weighted by Crippen LogP contribution is -2.33. The Morgan fingerprint density at radius 1 is 1.31 bits per heavy atom. The first kappa shape index (κ1) is 20.6. The SMILES string of the molecule is O=CC1=CCC(CNCC2=CCC(C(=O)NCCOCCO)C=C2)CC1. The standard InChI is InChI=1S/C20H30N2O4/c23-10-12-26-11-9-22-20(25)19-7-5-17(6-8-19)14-21-13-16-1-3-18(15-24)4-2-16/h3,5-7,15-16,19,21,23H,1-2,4,8-14H2,(H,22,25). The molecule has 0 aliphatic heterocycles. The van der Waals surface area contributed by atoms with Crippen molar-refractivity contribution in [3.05, 3.63) is 35.5 Å². The zero-order chi connectivity index (χ0) is 18.6. The highest BCUT2D eigenvalue weighted by Gasteiger charge is 2.17. The Labute approximate surface area is 155 Å². The largest absolute Gasteiger partial charge is 0.394 e. The number of hydrogen-bond acceptors (Lipinski definition) is 5. The second-order valence-corrected chi connectivity index (χ2v) is 6.78. The Kier molecular flexibility index (Phi) is 9.31. The molecule has 6 heteroatoms. The quantitative estimate of drug-likeness (QED) is 0.379. The van der Waals surface area contributed by atoms with Crippen LogP contribution < -0.4 is 10.6 Å². The van der Waals surface area contributed by atoms with Crippen LogP contribution in [-0.4, -0.2) is 56.8 Å². The highest BCUT2D eigenvalue weighted by atomic mass is 16.5. The minimum Gasteiger partial charge on any atom is -0.394 e. The molecule has 2 aliphatic carbocycles. The fourth-order valence-corrected chi connectivity index (χ4v) is 3.16. The van der Waals surface area contributed by atoms with E-state index in [1.54, 1.807) is 0 Å². The van der Waals surface area contributed by atoms with Crippen molar-refractivity contribution in [2.75, 3.05) is 39.5 Å². The van der Waals surface area contributed by atoms with Crippen molar-refractivity contribution in [2.45, 2.75) is 25.7 Å². The molecule has 0 aromatic carbocycles. The number of allylic oxidation sites excluding steroid dienone is 3. The molecule has 2 aliphatic rings. The van der Waals surface area contributed by atoms with Crippen molar-refractivity contribution in [3.63, 3.8) is 0 Å². The highest BCUT2D eigenvalue weighted by Crippen LogP contribution is 2.22. The third kappa shape index (κ3) is 7.23. The minimum absolute atomic E-state index is 0.00184. The first-order valence-corrected chi connectivity index (χ1v) is 9.41. The Morgan fingerprint density at radius 2 is 2.19 bits per heavy atom. The summed E-state index contributed by atoms with van der Waals surface area (Å²) >= 11 is 0. The van der Waals surface area contributed by atoms with Gasteiger partial charge in [0.2, 0.25) is 5.91 Å². The zero-order valence-corrected chi connectivity index (χ0v) is 15.3. The van der Waals surface area contributed by atoms with Gasteiger partial charge in [-0.15, -0.1) is 0 Å². The van der Waals surface area contributed by atoms with Crippen molar-refractivity contribution in [3.8, 4) is 0 Å². The van der Waals surface area contributed by atoms with Crippen LogP contribution in [-0.2, 0) is 14.3 Å². The Morgan fingerprint density at radius 3 is 2.85 bits per heavy atom. The summed E-state index contributed by atoms with van der Waals surface area (Å²) < 4.78 is 5.12. The molecule has 0 spiro atoms. The molecule has 26 heavy (non-hydrogen) atoms. The van der Waals surface area contributed by atoms with Gasteiger partial charge < -0.3 is 20.5 Å². The minimum atomic E-state index is -0.123. The summed E-state index contributed by atoms with van der Waals surface area (Å²) in [5, 5.41) is 14.9. The molecule has 144 valence electrons. The number of amides is 1. The number of carbonyl (C=O) groups is 2. The second kappa shape index (κ2) is 11.8. The number of ether oxygens (including phenoxy) is 1. The smallest absolute Gasteiger partial charge is 0.227 e. The maximum Gasteiger partial charge on any atom is 0.227 e. The van der Waals surface area contributed by atoms with Crippen LogP contribution in [0.4, 0.5) is 0 Å². The van der Waals surface area contributed by atoms with Gasteiger partial charge in [-0.25, -0.2) is 0 Å². The van der Waals surface area contributed by atoms with Crippen molar-refractivity contribution in [1.82, 2.24) is 10.6 Å². The second-order valence-electron chi connectivity index (χ2n) is 6.78. The normalized spacial score (nSPS) is 22.5. The van der Waals surface area contributed by atoms with Crippen LogP contribution in [0.3, 0.4) is 0 Å². The molecule has 1 amide bonds. The van der Waals surface area contributed by atoms with Crippen LogP contribution in [0, 0.1) is 11.8 Å². The van der Waals surface area contributed by atoms with E-state index >= 15 is 0 Å². The molecule has 2 atom stereocenters. The van der Waals surface area contributed by atoms with Crippen molar-refractivity contribution in [2.24, 2.45) is 11.8 Å². The fraction of sp³-hybridized carbons (Fsp3) is 0.600. The van der Waals surface area contributed by atoms with Crippen molar-refractivity contribution >= 4 is 12.2 Å². The fourth-order valence-electron chi connectivity index (χ4n) is 3.16. The lowest BCUT2D eigenvalue weighted by molar-refractivity contribution is -0.123. The van der Waals surface area contributed by atoms with Crippen LogP contribution in [0.2, 0.25) is 0 Å². The third-order valence-electron chi connectivity index (χ3n) is 4.76. The molecule has 0 aromatic heterocycles. The summed E-state index contributed by atoms with van der Waals surface area (Å²) in [6.07, 6.45) is 12.8. The Balaban J connectivity index is 1.59. The van der Waals surface area contributed by atoms with Crippen LogP contribution in [0.1, 0.15) is 25.7 Å². The molecule has 0 saturated carbocycles. The molecule has 0 heterocycles. The summed E-state index contributed by atoms with van der Waals surface area (Å²) in [6, 6.07) is 0. The lowest BCUT2D eigenvalue weighted by atomic mass is 9.90. The molecule has 6 nitrogen and oxygen atoms in total. The van der Waals surface area contributed by atoms with Gasteiger partial charge in [-0.3, -0.25) is 9.59 Å². The molecule has 0 radical (unpaired) electrons. The monoisotopic (exact) mass is 362 g/mol. The van der Waals surface area contributed by atoms with Crippen LogP contribution in [0.15, 0.2) is 35.5 Å². The van der Waals surface area contributed by atoms with Gasteiger partial charge in [-0.05, 0) is 49.3 Å². The van der Waals surface area contributed by atoms with E-state index in [1.165, 1.54) is 5.57 Å². The molecule has 2 rings (SSSR count). The van der Waals surface area contributed by atoms with E-state index in [0.717, 1.165) is 44.2 Å². The van der Waals surface area contributed by atoms with Gasteiger partial charge in [0.05, 0.1) is 25.7 Å². The third-order valence-corrected chi connectivity index (χ3v) is 4.76. The number of carbonyl (C=O) groups excluding carboxylic acids is 2. The van der Waals surface area contributed by atoms with Gasteiger partial charge >= 0.3 is 0 Å². The number of nitrogens with one attached hydrogen (secondary N) is 2. The van der Waals surface area contributed by atoms with E-state index in [-0.39, 0.29) is 18.4 Å². The number of aliphatic hydroxyl groups is 1. The summed E-state index contributed by atoms with van der Waals surface area (Å²) in [5.74, 6) is 0.484. The molecule has 0 aromatic rings. The molecule has 0 fully saturated rings. The molecule has 0 saturated heterocycles. The maximum atomic E-state index is 12.1. The zero-order valence-electron chi connectivity index (χ0n) is 15.3. The maximum absolute atomic E-state index is 12.1. The molecule has 2 unspecified atom stereocenters. The van der Waals surface area contributed by atoms with E-state index in [1.807, 2.05) is 12.2 Å². The van der Waals surface area contributed by atoms with Crippen LogP contribution >= 0.6 is 0 Å². The molecule has 0 bridgehead atoms. The van der Waals surface area contributed by atoms with Crippen LogP contribution in [0.25, 0.3) is 0 Å². The average molecular weight is 362 g/mol. The van der Waals surface area contributed by atoms with Gasteiger partial charge in [-0.2, -0.15) is 0 Å². The number of aldehydes is 1. The van der Waals surface area contributed by atoms with Crippen molar-refractivity contribution < 1.29 is 19.4 Å². The van der Waals surface area contributed by atoms with Gasteiger partial charge in [-0.1, -0.05) is 24.3 Å². The summed E-state index contributed by atoms with van der Waals surface area (Å²) in [4.78, 5) is 22.8. The van der Waals surface area contributed by atoms with Gasteiger partial charge in [0, 0.05) is 13.1 Å². The summed E-state index contributed by atoms with van der Waals surface area (Å²) in [6.45, 7) is 2.93. The van der Waals surface area contributed by atoms with E-state index in [2.05, 4.69) is 22.8 Å². The predicted octanol–water partition coefficient (Wildman–Crippen LogP) is 1.13.